The average molecular weight is 479 g/mol. The van der Waals surface area contributed by atoms with Crippen molar-refractivity contribution >= 4 is 5.57 Å². The van der Waals surface area contributed by atoms with Gasteiger partial charge in [-0.2, -0.15) is 0 Å². The van der Waals surface area contributed by atoms with Gasteiger partial charge in [-0.15, -0.1) is 0 Å². The maximum absolute atomic E-state index is 14.5. The standard InChI is InChI=1S/C34H51F/c1-3-5-7-11-27-15-19-30(20-16-27)34(31-21-17-28(18-22-31)12-8-6-4-2)25-23-29(24-26-34)32-13-9-10-14-33(32)35/h9-10,13-14,23-25,27-28,30-31H,3-8,11-12,15-22,26H2,1-2H3/t27-,28-,30-,31-. The summed E-state index contributed by atoms with van der Waals surface area (Å²) in [5, 5.41) is 0. The van der Waals surface area contributed by atoms with Crippen molar-refractivity contribution < 1.29 is 4.39 Å². The van der Waals surface area contributed by atoms with Crippen LogP contribution in [0.3, 0.4) is 0 Å². The number of hydrogen-bond acceptors (Lipinski definition) is 0. The normalized spacial score (nSPS) is 28.6. The van der Waals surface area contributed by atoms with Crippen LogP contribution in [0.1, 0.15) is 129 Å². The van der Waals surface area contributed by atoms with E-state index in [0.29, 0.717) is 5.41 Å². The summed E-state index contributed by atoms with van der Waals surface area (Å²) in [4.78, 5) is 0. The lowest BCUT2D eigenvalue weighted by atomic mass is 9.54. The first kappa shape index (κ1) is 26.7. The highest BCUT2D eigenvalue weighted by atomic mass is 19.1. The lowest BCUT2D eigenvalue weighted by Crippen LogP contribution is -2.41. The zero-order chi connectivity index (χ0) is 24.5. The number of rotatable bonds is 11. The summed E-state index contributed by atoms with van der Waals surface area (Å²) in [5.41, 5.74) is 2.18. The van der Waals surface area contributed by atoms with Crippen molar-refractivity contribution in [3.63, 3.8) is 0 Å². The lowest BCUT2D eigenvalue weighted by molar-refractivity contribution is 0.0473. The maximum atomic E-state index is 14.5. The summed E-state index contributed by atoms with van der Waals surface area (Å²) in [5.74, 6) is 3.45. The molecule has 0 heterocycles. The van der Waals surface area contributed by atoms with Gasteiger partial charge in [0, 0.05) is 5.56 Å². The van der Waals surface area contributed by atoms with E-state index in [-0.39, 0.29) is 5.82 Å². The first-order valence-corrected chi connectivity index (χ1v) is 15.3. The molecular weight excluding hydrogens is 427 g/mol. The molecule has 1 aromatic carbocycles. The molecular formula is C34H51F. The van der Waals surface area contributed by atoms with E-state index < -0.39 is 0 Å². The molecule has 0 atom stereocenters. The molecule has 0 radical (unpaired) electrons. The van der Waals surface area contributed by atoms with Crippen LogP contribution < -0.4 is 0 Å². The monoisotopic (exact) mass is 478 g/mol. The van der Waals surface area contributed by atoms with Crippen molar-refractivity contribution in [2.75, 3.05) is 0 Å². The van der Waals surface area contributed by atoms with Gasteiger partial charge in [0.2, 0.25) is 0 Å². The Morgan fingerprint density at radius 1 is 0.743 bits per heavy atom. The van der Waals surface area contributed by atoms with Gasteiger partial charge in [0.25, 0.3) is 0 Å². The molecule has 2 saturated carbocycles. The molecule has 194 valence electrons. The Kier molecular flexibility index (Phi) is 10.1. The third-order valence-corrected chi connectivity index (χ3v) is 10.1. The van der Waals surface area contributed by atoms with Crippen molar-refractivity contribution in [1.29, 1.82) is 0 Å². The summed E-state index contributed by atoms with van der Waals surface area (Å²) in [6, 6.07) is 7.32. The van der Waals surface area contributed by atoms with E-state index in [4.69, 9.17) is 0 Å². The quantitative estimate of drug-likeness (QED) is 0.277. The van der Waals surface area contributed by atoms with Crippen molar-refractivity contribution in [2.24, 2.45) is 29.1 Å². The van der Waals surface area contributed by atoms with Crippen molar-refractivity contribution in [3.05, 3.63) is 53.9 Å². The Hall–Kier alpha value is -1.37. The van der Waals surface area contributed by atoms with Crippen LogP contribution in [-0.2, 0) is 0 Å². The third-order valence-electron chi connectivity index (χ3n) is 10.1. The first-order valence-electron chi connectivity index (χ1n) is 15.3. The van der Waals surface area contributed by atoms with Crippen LogP contribution in [0.2, 0.25) is 0 Å². The molecule has 0 bridgehead atoms. The van der Waals surface area contributed by atoms with Crippen molar-refractivity contribution in [3.8, 4) is 0 Å². The fourth-order valence-electron chi connectivity index (χ4n) is 7.84. The second kappa shape index (κ2) is 13.3. The van der Waals surface area contributed by atoms with Gasteiger partial charge in [-0.3, -0.25) is 0 Å². The zero-order valence-electron chi connectivity index (χ0n) is 22.7. The molecule has 0 aliphatic heterocycles. The summed E-state index contributed by atoms with van der Waals surface area (Å²) >= 11 is 0. The van der Waals surface area contributed by atoms with E-state index in [1.807, 2.05) is 12.1 Å². The van der Waals surface area contributed by atoms with Crippen molar-refractivity contribution in [1.82, 2.24) is 0 Å². The summed E-state index contributed by atoms with van der Waals surface area (Å²) in [6.45, 7) is 4.63. The Labute approximate surface area is 215 Å². The molecule has 1 heteroatoms. The van der Waals surface area contributed by atoms with E-state index in [1.165, 1.54) is 103 Å². The molecule has 0 saturated heterocycles. The van der Waals surface area contributed by atoms with E-state index >= 15 is 0 Å². The number of benzene rings is 1. The van der Waals surface area contributed by atoms with Crippen LogP contribution in [-0.4, -0.2) is 0 Å². The molecule has 0 aromatic heterocycles. The Morgan fingerprint density at radius 2 is 1.29 bits per heavy atom. The average Bonchev–Trinajstić information content (AvgIpc) is 2.90. The number of allylic oxidation sites excluding steroid dienone is 4. The van der Waals surface area contributed by atoms with Gasteiger partial charge < -0.3 is 0 Å². The minimum absolute atomic E-state index is 0.0870. The molecule has 4 rings (SSSR count). The summed E-state index contributed by atoms with van der Waals surface area (Å²) < 4.78 is 14.5. The van der Waals surface area contributed by atoms with Gasteiger partial charge in [-0.25, -0.2) is 4.39 Å². The fraction of sp³-hybridized carbons (Fsp3) is 0.706. The van der Waals surface area contributed by atoms with E-state index in [1.54, 1.807) is 12.1 Å². The fourth-order valence-corrected chi connectivity index (χ4v) is 7.84. The minimum Gasteiger partial charge on any atom is -0.206 e. The van der Waals surface area contributed by atoms with E-state index in [9.17, 15) is 4.39 Å². The van der Waals surface area contributed by atoms with Gasteiger partial charge in [0.1, 0.15) is 5.82 Å². The molecule has 0 amide bonds. The van der Waals surface area contributed by atoms with Gasteiger partial charge in [0.15, 0.2) is 0 Å². The lowest BCUT2D eigenvalue weighted by Gasteiger charge is -2.50. The molecule has 3 aliphatic carbocycles. The zero-order valence-corrected chi connectivity index (χ0v) is 22.7. The highest BCUT2D eigenvalue weighted by molar-refractivity contribution is 5.75. The molecule has 0 spiro atoms. The van der Waals surface area contributed by atoms with Crippen LogP contribution in [0.25, 0.3) is 5.57 Å². The number of halogens is 1. The van der Waals surface area contributed by atoms with Crippen LogP contribution >= 0.6 is 0 Å². The van der Waals surface area contributed by atoms with Gasteiger partial charge >= 0.3 is 0 Å². The minimum atomic E-state index is -0.0870. The predicted octanol–water partition coefficient (Wildman–Crippen LogP) is 10.9. The first-order chi connectivity index (χ1) is 17.2. The third kappa shape index (κ3) is 6.69. The molecule has 0 N–H and O–H groups in total. The second-order valence-corrected chi connectivity index (χ2v) is 12.2. The topological polar surface area (TPSA) is 0 Å². The van der Waals surface area contributed by atoms with Crippen LogP contribution in [0.15, 0.2) is 42.5 Å². The summed E-state index contributed by atoms with van der Waals surface area (Å²) in [7, 11) is 0. The second-order valence-electron chi connectivity index (χ2n) is 12.2. The Balaban J connectivity index is 1.45. The Morgan fingerprint density at radius 3 is 1.74 bits per heavy atom. The molecule has 35 heavy (non-hydrogen) atoms. The smallest absolute Gasteiger partial charge is 0.131 e. The number of unbranched alkanes of at least 4 members (excludes halogenated alkanes) is 4. The molecule has 1 aromatic rings. The largest absolute Gasteiger partial charge is 0.206 e. The highest BCUT2D eigenvalue weighted by Crippen LogP contribution is 2.55. The van der Waals surface area contributed by atoms with Gasteiger partial charge in [-0.1, -0.05) is 127 Å². The van der Waals surface area contributed by atoms with Gasteiger partial charge in [0.05, 0.1) is 0 Å². The van der Waals surface area contributed by atoms with E-state index in [2.05, 4.69) is 32.1 Å². The molecule has 2 fully saturated rings. The highest BCUT2D eigenvalue weighted by Gasteiger charge is 2.45. The van der Waals surface area contributed by atoms with Crippen LogP contribution in [0, 0.1) is 34.9 Å². The van der Waals surface area contributed by atoms with Crippen LogP contribution in [0.4, 0.5) is 4.39 Å². The van der Waals surface area contributed by atoms with Gasteiger partial charge in [-0.05, 0) is 72.8 Å². The molecule has 0 nitrogen and oxygen atoms in total. The maximum Gasteiger partial charge on any atom is 0.131 e. The van der Waals surface area contributed by atoms with Crippen molar-refractivity contribution in [2.45, 2.75) is 123 Å². The molecule has 0 unspecified atom stereocenters. The Bertz CT molecular complexity index is 787. The summed E-state index contributed by atoms with van der Waals surface area (Å²) in [6.07, 6.45) is 31.0. The van der Waals surface area contributed by atoms with Crippen LogP contribution in [0.5, 0.6) is 0 Å². The van der Waals surface area contributed by atoms with E-state index in [0.717, 1.165) is 41.2 Å². The molecule has 3 aliphatic rings. The predicted molar refractivity (Wildman–Crippen MR) is 150 cm³/mol. The SMILES string of the molecule is CCCCC[C@H]1CC[C@H](C2([C@H]3CC[C@H](CCCCC)CC3)C=CC(c3ccccc3F)=CC2)CC1. The number of hydrogen-bond donors (Lipinski definition) is 0.